The summed E-state index contributed by atoms with van der Waals surface area (Å²) in [5, 5.41) is 12.5. The van der Waals surface area contributed by atoms with Crippen LogP contribution in [0.1, 0.15) is 62.7 Å². The maximum Gasteiger partial charge on any atom is 0.308 e. The van der Waals surface area contributed by atoms with Crippen LogP contribution in [0.5, 0.6) is 11.5 Å². The van der Waals surface area contributed by atoms with Gasteiger partial charge in [0.2, 0.25) is 0 Å². The van der Waals surface area contributed by atoms with E-state index in [1.54, 1.807) is 18.2 Å². The molecule has 0 aromatic heterocycles. The van der Waals surface area contributed by atoms with Crippen LogP contribution in [0.15, 0.2) is 18.2 Å². The fourth-order valence-corrected chi connectivity index (χ4v) is 3.36. The molecule has 0 aliphatic heterocycles. The minimum atomic E-state index is -0.838. The van der Waals surface area contributed by atoms with Crippen LogP contribution >= 0.6 is 0 Å². The Balaban J connectivity index is 2.15. The highest BCUT2D eigenvalue weighted by atomic mass is 16.5. The van der Waals surface area contributed by atoms with E-state index in [9.17, 15) is 14.7 Å². The molecule has 1 saturated carbocycles. The third-order valence-corrected chi connectivity index (χ3v) is 4.69. The van der Waals surface area contributed by atoms with E-state index < -0.39 is 11.9 Å². The number of hydrogen-bond acceptors (Lipinski definition) is 4. The van der Waals surface area contributed by atoms with Crippen molar-refractivity contribution in [1.29, 1.82) is 0 Å². The zero-order chi connectivity index (χ0) is 19.1. The Morgan fingerprint density at radius 3 is 2.42 bits per heavy atom. The molecule has 1 fully saturated rings. The van der Waals surface area contributed by atoms with Crippen LogP contribution in [-0.2, 0) is 4.79 Å². The van der Waals surface area contributed by atoms with Crippen LogP contribution in [-0.4, -0.2) is 36.2 Å². The van der Waals surface area contributed by atoms with E-state index in [1.807, 2.05) is 13.8 Å². The molecule has 1 amide bonds. The van der Waals surface area contributed by atoms with Crippen LogP contribution in [0.2, 0.25) is 0 Å². The summed E-state index contributed by atoms with van der Waals surface area (Å²) in [6, 6.07) is 4.67. The fourth-order valence-electron chi connectivity index (χ4n) is 3.36. The number of carboxylic acid groups (broad SMARTS) is 1. The summed E-state index contributed by atoms with van der Waals surface area (Å²) >= 11 is 0. The number of carbonyl (C=O) groups excluding carboxylic acids is 1. The quantitative estimate of drug-likeness (QED) is 0.806. The monoisotopic (exact) mass is 363 g/mol. The zero-order valence-corrected chi connectivity index (χ0v) is 15.8. The Morgan fingerprint density at radius 2 is 1.81 bits per heavy atom. The highest BCUT2D eigenvalue weighted by Gasteiger charge is 2.30. The summed E-state index contributed by atoms with van der Waals surface area (Å²) < 4.78 is 11.0. The lowest BCUT2D eigenvalue weighted by Crippen LogP contribution is -2.43. The van der Waals surface area contributed by atoms with E-state index in [-0.39, 0.29) is 18.1 Å². The minimum absolute atomic E-state index is 0.00479. The second kappa shape index (κ2) is 9.46. The summed E-state index contributed by atoms with van der Waals surface area (Å²) in [4.78, 5) is 24.3. The van der Waals surface area contributed by atoms with Gasteiger partial charge in [-0.05, 0) is 44.9 Å². The second-order valence-corrected chi connectivity index (χ2v) is 7.05. The second-order valence-electron chi connectivity index (χ2n) is 7.05. The smallest absolute Gasteiger partial charge is 0.308 e. The molecule has 1 aromatic rings. The number of nitrogens with one attached hydrogen (secondary N) is 1. The van der Waals surface area contributed by atoms with Gasteiger partial charge in [-0.25, -0.2) is 0 Å². The van der Waals surface area contributed by atoms with E-state index in [2.05, 4.69) is 5.32 Å². The first-order chi connectivity index (χ1) is 12.4. The fraction of sp³-hybridized carbons (Fsp3) is 0.600. The molecule has 26 heavy (non-hydrogen) atoms. The number of benzene rings is 1. The summed E-state index contributed by atoms with van der Waals surface area (Å²) in [5.74, 6) is -0.594. The van der Waals surface area contributed by atoms with Crippen molar-refractivity contribution < 1.29 is 24.2 Å². The number of rotatable bonds is 6. The number of carboxylic acids is 1. The number of amides is 1. The Labute approximate surface area is 154 Å². The van der Waals surface area contributed by atoms with Crippen LogP contribution in [0.3, 0.4) is 0 Å². The van der Waals surface area contributed by atoms with Crippen LogP contribution < -0.4 is 14.8 Å². The molecular weight excluding hydrogens is 334 g/mol. The van der Waals surface area contributed by atoms with Crippen LogP contribution in [0, 0.1) is 5.92 Å². The SMILES string of the molecule is COc1cc(C(=O)NC2CCCCCCC2C(=O)O)ccc1OC(C)C. The molecule has 1 aromatic carbocycles. The van der Waals surface area contributed by atoms with E-state index in [0.29, 0.717) is 29.9 Å². The Kier molecular flexibility index (Phi) is 7.30. The number of carbonyl (C=O) groups is 2. The van der Waals surface area contributed by atoms with Crippen LogP contribution in [0.4, 0.5) is 0 Å². The molecule has 0 saturated heterocycles. The van der Waals surface area contributed by atoms with Gasteiger partial charge in [0.15, 0.2) is 11.5 Å². The van der Waals surface area contributed by atoms with Crippen molar-refractivity contribution in [2.75, 3.05) is 7.11 Å². The number of ether oxygens (including phenoxy) is 2. The lowest BCUT2D eigenvalue weighted by molar-refractivity contribution is -0.143. The highest BCUT2D eigenvalue weighted by Crippen LogP contribution is 2.29. The first-order valence-electron chi connectivity index (χ1n) is 9.30. The zero-order valence-electron chi connectivity index (χ0n) is 15.8. The van der Waals surface area contributed by atoms with Crippen molar-refractivity contribution in [3.63, 3.8) is 0 Å². The van der Waals surface area contributed by atoms with E-state index in [4.69, 9.17) is 9.47 Å². The van der Waals surface area contributed by atoms with Gasteiger partial charge in [0, 0.05) is 11.6 Å². The van der Waals surface area contributed by atoms with Crippen LogP contribution in [0.25, 0.3) is 0 Å². The van der Waals surface area contributed by atoms with E-state index in [1.165, 1.54) is 7.11 Å². The molecular formula is C20H29NO5. The van der Waals surface area contributed by atoms with Crippen molar-refractivity contribution in [3.05, 3.63) is 23.8 Å². The summed E-state index contributed by atoms with van der Waals surface area (Å²) in [6.07, 6.45) is 5.23. The molecule has 0 heterocycles. The number of hydrogen-bond donors (Lipinski definition) is 2. The van der Waals surface area contributed by atoms with Crippen molar-refractivity contribution in [2.45, 2.75) is 64.5 Å². The van der Waals surface area contributed by atoms with Gasteiger partial charge in [0.25, 0.3) is 5.91 Å². The van der Waals surface area contributed by atoms with Gasteiger partial charge in [-0.3, -0.25) is 9.59 Å². The first-order valence-corrected chi connectivity index (χ1v) is 9.30. The Morgan fingerprint density at radius 1 is 1.12 bits per heavy atom. The first kappa shape index (κ1) is 20.1. The molecule has 2 N–H and O–H groups in total. The normalized spacial score (nSPS) is 20.8. The summed E-state index contributed by atoms with van der Waals surface area (Å²) in [5.41, 5.74) is 0.434. The summed E-state index contributed by atoms with van der Waals surface area (Å²) in [6.45, 7) is 3.83. The summed E-state index contributed by atoms with van der Waals surface area (Å²) in [7, 11) is 1.53. The Hall–Kier alpha value is -2.24. The van der Waals surface area contributed by atoms with Gasteiger partial charge in [-0.1, -0.05) is 25.7 Å². The molecule has 1 aliphatic rings. The molecule has 0 spiro atoms. The molecule has 1 aliphatic carbocycles. The van der Waals surface area contributed by atoms with Gasteiger partial charge >= 0.3 is 5.97 Å². The third kappa shape index (κ3) is 5.38. The molecule has 0 bridgehead atoms. The predicted molar refractivity (Wildman–Crippen MR) is 98.8 cm³/mol. The van der Waals surface area contributed by atoms with Gasteiger partial charge in [0.05, 0.1) is 19.1 Å². The highest BCUT2D eigenvalue weighted by molar-refractivity contribution is 5.95. The van der Waals surface area contributed by atoms with Gasteiger partial charge < -0.3 is 19.9 Å². The largest absolute Gasteiger partial charge is 0.493 e. The maximum atomic E-state index is 12.7. The van der Waals surface area contributed by atoms with E-state index in [0.717, 1.165) is 25.7 Å². The lowest BCUT2D eigenvalue weighted by atomic mass is 9.86. The van der Waals surface area contributed by atoms with Gasteiger partial charge in [-0.15, -0.1) is 0 Å². The van der Waals surface area contributed by atoms with Crippen molar-refractivity contribution in [3.8, 4) is 11.5 Å². The molecule has 6 nitrogen and oxygen atoms in total. The lowest BCUT2D eigenvalue weighted by Gasteiger charge is -2.27. The molecule has 144 valence electrons. The molecule has 6 heteroatoms. The topological polar surface area (TPSA) is 84.9 Å². The van der Waals surface area contributed by atoms with Gasteiger partial charge in [-0.2, -0.15) is 0 Å². The van der Waals surface area contributed by atoms with Crippen molar-refractivity contribution in [2.24, 2.45) is 5.92 Å². The van der Waals surface area contributed by atoms with Gasteiger partial charge in [0.1, 0.15) is 0 Å². The third-order valence-electron chi connectivity index (χ3n) is 4.69. The molecule has 0 radical (unpaired) electrons. The maximum absolute atomic E-state index is 12.7. The van der Waals surface area contributed by atoms with E-state index >= 15 is 0 Å². The number of methoxy groups -OCH3 is 1. The predicted octanol–water partition coefficient (Wildman–Crippen LogP) is 3.64. The number of aliphatic carboxylic acids is 1. The average molecular weight is 363 g/mol. The van der Waals surface area contributed by atoms with Crippen molar-refractivity contribution >= 4 is 11.9 Å². The standard InChI is InChI=1S/C20H29NO5/c1-13(2)26-17-11-10-14(12-18(17)25-3)19(22)21-16-9-7-5-4-6-8-15(16)20(23)24/h10-13,15-16H,4-9H2,1-3H3,(H,21,22)(H,23,24). The average Bonchev–Trinajstić information content (AvgIpc) is 2.56. The molecule has 2 rings (SSSR count). The molecule has 2 atom stereocenters. The Bertz CT molecular complexity index is 629. The minimum Gasteiger partial charge on any atom is -0.493 e. The molecule has 2 unspecified atom stereocenters. The van der Waals surface area contributed by atoms with Crippen molar-refractivity contribution in [1.82, 2.24) is 5.32 Å².